The molecule has 0 aliphatic rings. The largest absolute Gasteiger partial charge is 0.493 e. The number of halogens is 1. The van der Waals surface area contributed by atoms with Gasteiger partial charge < -0.3 is 9.47 Å². The van der Waals surface area contributed by atoms with E-state index in [0.717, 1.165) is 3.57 Å². The van der Waals surface area contributed by atoms with Crippen LogP contribution in [0.2, 0.25) is 0 Å². The van der Waals surface area contributed by atoms with Gasteiger partial charge in [-0.1, -0.05) is 12.1 Å². The predicted octanol–water partition coefficient (Wildman–Crippen LogP) is 2.98. The van der Waals surface area contributed by atoms with Gasteiger partial charge in [0.15, 0.2) is 11.5 Å². The number of amides is 1. The molecule has 2 rings (SSSR count). The summed E-state index contributed by atoms with van der Waals surface area (Å²) < 4.78 is 11.3. The number of carbonyl (C=O) groups excluding carboxylic acids is 1. The Morgan fingerprint density at radius 2 is 2.00 bits per heavy atom. The Balaban J connectivity index is 2.18. The average molecular weight is 455 g/mol. The van der Waals surface area contributed by atoms with E-state index in [1.807, 2.05) is 0 Å². The highest BCUT2D eigenvalue weighted by Gasteiger charge is 2.18. The summed E-state index contributed by atoms with van der Waals surface area (Å²) in [5.74, 6) is 0.462. The molecule has 8 nitrogen and oxygen atoms in total. The van der Waals surface area contributed by atoms with Crippen molar-refractivity contribution < 1.29 is 19.2 Å². The van der Waals surface area contributed by atoms with Crippen LogP contribution >= 0.6 is 22.6 Å². The maximum absolute atomic E-state index is 12.1. The number of rotatable bonds is 6. The minimum Gasteiger partial charge on any atom is -0.493 e. The number of nitrogens with zero attached hydrogens (tertiary/aromatic N) is 2. The normalized spacial score (nSPS) is 10.5. The fraction of sp³-hybridized carbons (Fsp3) is 0.125. The molecule has 0 fully saturated rings. The molecule has 1 N–H and O–H groups in total. The van der Waals surface area contributed by atoms with Gasteiger partial charge in [0.25, 0.3) is 11.6 Å². The maximum Gasteiger partial charge on any atom is 0.282 e. The maximum atomic E-state index is 12.1. The van der Waals surface area contributed by atoms with Crippen LogP contribution in [0.15, 0.2) is 41.5 Å². The second-order valence-corrected chi connectivity index (χ2v) is 5.87. The van der Waals surface area contributed by atoms with E-state index in [9.17, 15) is 14.9 Å². The van der Waals surface area contributed by atoms with Crippen molar-refractivity contribution in [2.45, 2.75) is 0 Å². The molecule has 0 aromatic heterocycles. The van der Waals surface area contributed by atoms with E-state index >= 15 is 0 Å². The number of nitro groups is 1. The van der Waals surface area contributed by atoms with Crippen LogP contribution in [0.4, 0.5) is 5.69 Å². The summed E-state index contributed by atoms with van der Waals surface area (Å²) in [7, 11) is 3.06. The van der Waals surface area contributed by atoms with Crippen molar-refractivity contribution in [1.29, 1.82) is 0 Å². The van der Waals surface area contributed by atoms with E-state index in [-0.39, 0.29) is 11.3 Å². The highest BCUT2D eigenvalue weighted by molar-refractivity contribution is 14.1. The third kappa shape index (κ3) is 4.44. The van der Waals surface area contributed by atoms with Crippen molar-refractivity contribution >= 4 is 40.4 Å². The molecule has 25 heavy (non-hydrogen) atoms. The van der Waals surface area contributed by atoms with Gasteiger partial charge in [-0.25, -0.2) is 5.43 Å². The van der Waals surface area contributed by atoms with Gasteiger partial charge in [-0.05, 0) is 46.4 Å². The second-order valence-electron chi connectivity index (χ2n) is 4.71. The smallest absolute Gasteiger partial charge is 0.282 e. The summed E-state index contributed by atoms with van der Waals surface area (Å²) in [6, 6.07) is 9.15. The molecule has 0 radical (unpaired) electrons. The lowest BCUT2D eigenvalue weighted by Gasteiger charge is -2.10. The number of methoxy groups -OCH3 is 2. The van der Waals surface area contributed by atoms with Crippen LogP contribution in [0, 0.1) is 13.7 Å². The van der Waals surface area contributed by atoms with Crippen molar-refractivity contribution in [1.82, 2.24) is 5.43 Å². The van der Waals surface area contributed by atoms with E-state index in [1.54, 1.807) is 25.3 Å². The summed E-state index contributed by atoms with van der Waals surface area (Å²) in [5.41, 5.74) is 2.61. The van der Waals surface area contributed by atoms with Gasteiger partial charge in [0.1, 0.15) is 5.56 Å². The number of para-hydroxylation sites is 1. The predicted molar refractivity (Wildman–Crippen MR) is 100 cm³/mol. The Morgan fingerprint density at radius 1 is 1.28 bits per heavy atom. The molecule has 0 unspecified atom stereocenters. The van der Waals surface area contributed by atoms with E-state index in [0.29, 0.717) is 17.1 Å². The van der Waals surface area contributed by atoms with Crippen LogP contribution in [-0.2, 0) is 0 Å². The number of benzene rings is 2. The van der Waals surface area contributed by atoms with Gasteiger partial charge in [-0.3, -0.25) is 14.9 Å². The number of carbonyl (C=O) groups is 1. The molecular formula is C16H14IN3O5. The van der Waals surface area contributed by atoms with Crippen LogP contribution in [0.1, 0.15) is 15.9 Å². The van der Waals surface area contributed by atoms with Crippen molar-refractivity contribution in [3.63, 3.8) is 0 Å². The molecule has 2 aromatic carbocycles. The molecule has 0 heterocycles. The third-order valence-electron chi connectivity index (χ3n) is 3.18. The zero-order valence-electron chi connectivity index (χ0n) is 13.4. The lowest BCUT2D eigenvalue weighted by Crippen LogP contribution is -2.19. The van der Waals surface area contributed by atoms with Crippen molar-refractivity contribution in [2.24, 2.45) is 5.10 Å². The van der Waals surface area contributed by atoms with Crippen LogP contribution < -0.4 is 14.9 Å². The Morgan fingerprint density at radius 3 is 2.64 bits per heavy atom. The number of nitro benzene ring substituents is 1. The van der Waals surface area contributed by atoms with Crippen LogP contribution in [0.25, 0.3) is 0 Å². The fourth-order valence-corrected chi connectivity index (χ4v) is 2.91. The van der Waals surface area contributed by atoms with Gasteiger partial charge >= 0.3 is 0 Å². The summed E-state index contributed by atoms with van der Waals surface area (Å²) in [5, 5.41) is 14.8. The van der Waals surface area contributed by atoms with Gasteiger partial charge in [-0.2, -0.15) is 5.10 Å². The monoisotopic (exact) mass is 455 g/mol. The molecule has 0 saturated carbocycles. The molecule has 0 aliphatic carbocycles. The Bertz CT molecular complexity index is 839. The van der Waals surface area contributed by atoms with E-state index in [4.69, 9.17) is 9.47 Å². The first-order valence-electron chi connectivity index (χ1n) is 6.96. The third-order valence-corrected chi connectivity index (χ3v) is 3.98. The molecule has 2 aromatic rings. The SMILES string of the molecule is COc1cc(/C=N\NC(=O)c2ccccc2[N+](=O)[O-])cc(I)c1OC. The van der Waals surface area contributed by atoms with Crippen molar-refractivity contribution in [2.75, 3.05) is 14.2 Å². The van der Waals surface area contributed by atoms with E-state index in [2.05, 4.69) is 33.1 Å². The number of nitrogens with one attached hydrogen (secondary N) is 1. The van der Waals surface area contributed by atoms with Gasteiger partial charge in [0.2, 0.25) is 0 Å². The summed E-state index contributed by atoms with van der Waals surface area (Å²) in [6.45, 7) is 0. The first-order chi connectivity index (χ1) is 12.0. The highest BCUT2D eigenvalue weighted by Crippen LogP contribution is 2.33. The van der Waals surface area contributed by atoms with Crippen LogP contribution in [-0.4, -0.2) is 31.3 Å². The number of hydrazone groups is 1. The molecule has 0 saturated heterocycles. The van der Waals surface area contributed by atoms with Crippen LogP contribution in [0.5, 0.6) is 11.5 Å². The summed E-state index contributed by atoms with van der Waals surface area (Å²) in [4.78, 5) is 22.4. The van der Waals surface area contributed by atoms with E-state index < -0.39 is 10.8 Å². The molecule has 0 bridgehead atoms. The summed E-state index contributed by atoms with van der Waals surface area (Å²) >= 11 is 2.09. The quantitative estimate of drug-likeness (QED) is 0.312. The Hall–Kier alpha value is -2.69. The molecule has 0 atom stereocenters. The van der Waals surface area contributed by atoms with Crippen LogP contribution in [0.3, 0.4) is 0 Å². The first kappa shape index (κ1) is 18.6. The van der Waals surface area contributed by atoms with Crippen molar-refractivity contribution in [3.05, 3.63) is 61.2 Å². The first-order valence-corrected chi connectivity index (χ1v) is 8.04. The lowest BCUT2D eigenvalue weighted by molar-refractivity contribution is -0.385. The number of ether oxygens (including phenoxy) is 2. The van der Waals surface area contributed by atoms with Gasteiger partial charge in [-0.15, -0.1) is 0 Å². The Kier molecular flexibility index (Phi) is 6.28. The topological polar surface area (TPSA) is 103 Å². The van der Waals surface area contributed by atoms with Crippen molar-refractivity contribution in [3.8, 4) is 11.5 Å². The van der Waals surface area contributed by atoms with Gasteiger partial charge in [0, 0.05) is 6.07 Å². The van der Waals surface area contributed by atoms with Gasteiger partial charge in [0.05, 0.1) is 28.9 Å². The second kappa shape index (κ2) is 8.42. The molecular weight excluding hydrogens is 441 g/mol. The Labute approximate surface area is 157 Å². The zero-order valence-corrected chi connectivity index (χ0v) is 15.5. The minimum absolute atomic E-state index is 0.0634. The van der Waals surface area contributed by atoms with E-state index in [1.165, 1.54) is 31.5 Å². The minimum atomic E-state index is -0.668. The standard InChI is InChI=1S/C16H14IN3O5/c1-24-14-8-10(7-12(17)15(14)25-2)9-18-19-16(21)11-5-3-4-6-13(11)20(22)23/h3-9H,1-2H3,(H,19,21)/b18-9-. The fourth-order valence-electron chi connectivity index (χ4n) is 2.06. The number of hydrogen-bond acceptors (Lipinski definition) is 6. The number of hydrogen-bond donors (Lipinski definition) is 1. The highest BCUT2D eigenvalue weighted by atomic mass is 127. The summed E-state index contributed by atoms with van der Waals surface area (Å²) in [6.07, 6.45) is 1.41. The molecule has 1 amide bonds. The average Bonchev–Trinajstić information content (AvgIpc) is 2.61. The zero-order chi connectivity index (χ0) is 18.4. The molecule has 0 spiro atoms. The molecule has 130 valence electrons. The molecule has 0 aliphatic heterocycles. The lowest BCUT2D eigenvalue weighted by atomic mass is 10.2. The molecule has 9 heteroatoms.